The molecule has 0 aromatic heterocycles. The quantitative estimate of drug-likeness (QED) is 0.841. The lowest BCUT2D eigenvalue weighted by atomic mass is 10.3. The summed E-state index contributed by atoms with van der Waals surface area (Å²) in [7, 11) is 1.93. The van der Waals surface area contributed by atoms with E-state index in [0.29, 0.717) is 6.04 Å². The molecule has 1 atom stereocenters. The lowest BCUT2D eigenvalue weighted by Gasteiger charge is -2.16. The first-order valence-electron chi connectivity index (χ1n) is 5.92. The van der Waals surface area contributed by atoms with E-state index in [0.717, 1.165) is 25.3 Å². The number of ether oxygens (including phenoxy) is 1. The molecule has 1 aromatic carbocycles. The summed E-state index contributed by atoms with van der Waals surface area (Å²) >= 11 is 0. The zero-order chi connectivity index (χ0) is 12.1. The summed E-state index contributed by atoms with van der Waals surface area (Å²) < 4.78 is 5.44. The van der Waals surface area contributed by atoms with Crippen LogP contribution >= 0.6 is 0 Å². The smallest absolute Gasteiger partial charge is 0.260 e. The second-order valence-corrected chi connectivity index (χ2v) is 4.22. The van der Waals surface area contributed by atoms with Gasteiger partial charge in [0.25, 0.3) is 5.91 Å². The molecular formula is C13H18N2O2. The minimum Gasteiger partial charge on any atom is -0.484 e. The van der Waals surface area contributed by atoms with E-state index in [-0.39, 0.29) is 12.5 Å². The van der Waals surface area contributed by atoms with Crippen LogP contribution in [0.4, 0.5) is 0 Å². The minimum atomic E-state index is 0.0617. The maximum Gasteiger partial charge on any atom is 0.260 e. The Labute approximate surface area is 102 Å². The van der Waals surface area contributed by atoms with Crippen molar-refractivity contribution in [1.29, 1.82) is 0 Å². The molecule has 1 aliphatic rings. The van der Waals surface area contributed by atoms with Crippen molar-refractivity contribution in [2.24, 2.45) is 0 Å². The van der Waals surface area contributed by atoms with Gasteiger partial charge >= 0.3 is 0 Å². The van der Waals surface area contributed by atoms with Crippen molar-refractivity contribution in [2.75, 3.05) is 26.7 Å². The predicted molar refractivity (Wildman–Crippen MR) is 66.0 cm³/mol. The number of hydrogen-bond donors (Lipinski definition) is 1. The van der Waals surface area contributed by atoms with Gasteiger partial charge in [-0.15, -0.1) is 0 Å². The maximum absolute atomic E-state index is 11.9. The fraction of sp³-hybridized carbons (Fsp3) is 0.462. The van der Waals surface area contributed by atoms with E-state index >= 15 is 0 Å². The highest BCUT2D eigenvalue weighted by molar-refractivity contribution is 5.78. The summed E-state index contributed by atoms with van der Waals surface area (Å²) in [4.78, 5) is 13.7. The van der Waals surface area contributed by atoms with Crippen LogP contribution in [-0.2, 0) is 4.79 Å². The van der Waals surface area contributed by atoms with Gasteiger partial charge in [-0.1, -0.05) is 18.2 Å². The number of benzene rings is 1. The van der Waals surface area contributed by atoms with Crippen molar-refractivity contribution in [1.82, 2.24) is 10.2 Å². The Morgan fingerprint density at radius 2 is 2.24 bits per heavy atom. The molecule has 1 unspecified atom stereocenters. The van der Waals surface area contributed by atoms with E-state index in [9.17, 15) is 4.79 Å². The first-order chi connectivity index (χ1) is 8.29. The van der Waals surface area contributed by atoms with Gasteiger partial charge in [-0.2, -0.15) is 0 Å². The van der Waals surface area contributed by atoms with Crippen LogP contribution in [0.1, 0.15) is 6.42 Å². The molecule has 1 N–H and O–H groups in total. The number of rotatable bonds is 4. The highest BCUT2D eigenvalue weighted by Crippen LogP contribution is 2.11. The predicted octanol–water partition coefficient (Wildman–Crippen LogP) is 0.886. The number of amides is 1. The zero-order valence-electron chi connectivity index (χ0n) is 10.1. The molecule has 0 saturated carbocycles. The van der Waals surface area contributed by atoms with Crippen molar-refractivity contribution in [3.63, 3.8) is 0 Å². The Balaban J connectivity index is 1.78. The molecule has 2 rings (SSSR count). The number of nitrogens with one attached hydrogen (secondary N) is 1. The third-order valence-electron chi connectivity index (χ3n) is 3.05. The summed E-state index contributed by atoms with van der Waals surface area (Å²) in [5, 5.41) is 3.19. The van der Waals surface area contributed by atoms with Gasteiger partial charge in [0.15, 0.2) is 6.61 Å². The molecule has 1 aromatic rings. The molecule has 1 amide bonds. The van der Waals surface area contributed by atoms with E-state index in [2.05, 4.69) is 5.32 Å². The van der Waals surface area contributed by atoms with Crippen LogP contribution in [0.15, 0.2) is 30.3 Å². The SMILES string of the molecule is CNC1CCN(C(=O)COc2ccccc2)C1. The molecule has 1 aliphatic heterocycles. The van der Waals surface area contributed by atoms with E-state index in [4.69, 9.17) is 4.74 Å². The molecule has 1 fully saturated rings. The van der Waals surface area contributed by atoms with Crippen LogP contribution in [0.2, 0.25) is 0 Å². The second-order valence-electron chi connectivity index (χ2n) is 4.22. The van der Waals surface area contributed by atoms with Crippen molar-refractivity contribution in [3.8, 4) is 5.75 Å². The van der Waals surface area contributed by atoms with Gasteiger partial charge in [0.2, 0.25) is 0 Å². The topological polar surface area (TPSA) is 41.6 Å². The number of likely N-dealkylation sites (tertiary alicyclic amines) is 1. The van der Waals surface area contributed by atoms with E-state index in [1.54, 1.807) is 0 Å². The van der Waals surface area contributed by atoms with Crippen LogP contribution < -0.4 is 10.1 Å². The average Bonchev–Trinajstić information content (AvgIpc) is 2.86. The van der Waals surface area contributed by atoms with Crippen molar-refractivity contribution in [2.45, 2.75) is 12.5 Å². The Kier molecular flexibility index (Phi) is 3.98. The summed E-state index contributed by atoms with van der Waals surface area (Å²) in [6.45, 7) is 1.73. The highest BCUT2D eigenvalue weighted by Gasteiger charge is 2.24. The molecule has 0 bridgehead atoms. The van der Waals surface area contributed by atoms with Gasteiger partial charge < -0.3 is 15.0 Å². The van der Waals surface area contributed by atoms with Crippen LogP contribution in [0, 0.1) is 0 Å². The molecule has 4 nitrogen and oxygen atoms in total. The summed E-state index contributed by atoms with van der Waals surface area (Å²) in [5.41, 5.74) is 0. The van der Waals surface area contributed by atoms with Gasteiger partial charge in [0.05, 0.1) is 0 Å². The number of carbonyl (C=O) groups is 1. The van der Waals surface area contributed by atoms with Gasteiger partial charge in [-0.05, 0) is 25.6 Å². The lowest BCUT2D eigenvalue weighted by Crippen LogP contribution is -2.36. The minimum absolute atomic E-state index is 0.0617. The van der Waals surface area contributed by atoms with Gasteiger partial charge in [-0.3, -0.25) is 4.79 Å². The van der Waals surface area contributed by atoms with Crippen molar-refractivity contribution in [3.05, 3.63) is 30.3 Å². The van der Waals surface area contributed by atoms with Crippen LogP contribution in [0.5, 0.6) is 5.75 Å². The lowest BCUT2D eigenvalue weighted by molar-refractivity contribution is -0.132. The second kappa shape index (κ2) is 5.68. The van der Waals surface area contributed by atoms with Crippen LogP contribution in [-0.4, -0.2) is 43.6 Å². The normalized spacial score (nSPS) is 19.4. The Bertz CT molecular complexity index is 367. The molecule has 4 heteroatoms. The Hall–Kier alpha value is -1.55. The first kappa shape index (κ1) is 11.9. The molecule has 0 radical (unpaired) electrons. The van der Waals surface area contributed by atoms with Crippen LogP contribution in [0.25, 0.3) is 0 Å². The number of likely N-dealkylation sites (N-methyl/N-ethyl adjacent to an activating group) is 1. The van der Waals surface area contributed by atoms with E-state index in [1.807, 2.05) is 42.3 Å². The molecule has 0 spiro atoms. The van der Waals surface area contributed by atoms with Crippen molar-refractivity contribution < 1.29 is 9.53 Å². The van der Waals surface area contributed by atoms with Crippen LogP contribution in [0.3, 0.4) is 0 Å². The molecule has 17 heavy (non-hydrogen) atoms. The number of carbonyl (C=O) groups excluding carboxylic acids is 1. The summed E-state index contributed by atoms with van der Waals surface area (Å²) in [6.07, 6.45) is 1.02. The van der Waals surface area contributed by atoms with E-state index in [1.165, 1.54) is 0 Å². The Morgan fingerprint density at radius 3 is 2.88 bits per heavy atom. The van der Waals surface area contributed by atoms with Gasteiger partial charge in [0.1, 0.15) is 5.75 Å². The standard InChI is InChI=1S/C13H18N2O2/c1-14-11-7-8-15(9-11)13(16)10-17-12-5-3-2-4-6-12/h2-6,11,14H,7-10H2,1H3. The van der Waals surface area contributed by atoms with E-state index < -0.39 is 0 Å². The molecule has 1 heterocycles. The fourth-order valence-corrected chi connectivity index (χ4v) is 1.98. The monoisotopic (exact) mass is 234 g/mol. The third-order valence-corrected chi connectivity index (χ3v) is 3.05. The largest absolute Gasteiger partial charge is 0.484 e. The Morgan fingerprint density at radius 1 is 1.47 bits per heavy atom. The highest BCUT2D eigenvalue weighted by atomic mass is 16.5. The zero-order valence-corrected chi connectivity index (χ0v) is 10.1. The maximum atomic E-state index is 11.9. The molecule has 1 saturated heterocycles. The summed E-state index contributed by atoms with van der Waals surface area (Å²) in [6, 6.07) is 9.85. The number of nitrogens with zero attached hydrogens (tertiary/aromatic N) is 1. The number of para-hydroxylation sites is 1. The molecule has 92 valence electrons. The van der Waals surface area contributed by atoms with Crippen molar-refractivity contribution >= 4 is 5.91 Å². The molecular weight excluding hydrogens is 216 g/mol. The molecule has 0 aliphatic carbocycles. The number of hydrogen-bond acceptors (Lipinski definition) is 3. The van der Waals surface area contributed by atoms with Gasteiger partial charge in [0, 0.05) is 19.1 Å². The first-order valence-corrected chi connectivity index (χ1v) is 5.92. The van der Waals surface area contributed by atoms with Gasteiger partial charge in [-0.25, -0.2) is 0 Å². The average molecular weight is 234 g/mol. The summed E-state index contributed by atoms with van der Waals surface area (Å²) in [5.74, 6) is 0.803. The fourth-order valence-electron chi connectivity index (χ4n) is 1.98. The third kappa shape index (κ3) is 3.20.